The summed E-state index contributed by atoms with van der Waals surface area (Å²) < 4.78 is 0. The smallest absolute Gasteiger partial charge is 0.287 e. The van der Waals surface area contributed by atoms with E-state index < -0.39 is 6.10 Å². The van der Waals surface area contributed by atoms with Gasteiger partial charge in [-0.2, -0.15) is 0 Å². The molecule has 3 atom stereocenters. The van der Waals surface area contributed by atoms with E-state index in [0.717, 1.165) is 5.01 Å². The lowest BCUT2D eigenvalue weighted by molar-refractivity contribution is 0.0790. The number of nitrogens with one attached hydrogen (secondary N) is 2. The lowest BCUT2D eigenvalue weighted by Crippen LogP contribution is -2.54. The highest BCUT2D eigenvalue weighted by molar-refractivity contribution is 7.15. The van der Waals surface area contributed by atoms with Crippen LogP contribution in [0.1, 0.15) is 47.5 Å². The molecule has 3 heterocycles. The number of aliphatic hydroxyl groups is 2. The van der Waals surface area contributed by atoms with E-state index in [-0.39, 0.29) is 30.3 Å². The molecule has 1 aliphatic heterocycles. The second-order valence-corrected chi connectivity index (χ2v) is 7.94. The summed E-state index contributed by atoms with van der Waals surface area (Å²) in [7, 11) is 0. The van der Waals surface area contributed by atoms with Gasteiger partial charge in [0.2, 0.25) is 5.13 Å². The minimum atomic E-state index is -0.749. The van der Waals surface area contributed by atoms with Gasteiger partial charge in [0.25, 0.3) is 5.91 Å². The summed E-state index contributed by atoms with van der Waals surface area (Å²) in [6, 6.07) is -0.383. The van der Waals surface area contributed by atoms with Gasteiger partial charge in [-0.1, -0.05) is 36.8 Å². The number of aromatic nitrogens is 4. The molecule has 3 unspecified atom stereocenters. The molecule has 0 aliphatic carbocycles. The first-order valence-electron chi connectivity index (χ1n) is 8.85. The number of rotatable bonds is 6. The molecule has 9 nitrogen and oxygen atoms in total. The summed E-state index contributed by atoms with van der Waals surface area (Å²) in [5.74, 6) is -0.298. The van der Waals surface area contributed by atoms with Gasteiger partial charge in [0.15, 0.2) is 11.0 Å². The molecule has 0 saturated carbocycles. The van der Waals surface area contributed by atoms with Gasteiger partial charge in [-0.05, 0) is 12.8 Å². The Bertz CT molecular complexity index is 797. The Morgan fingerprint density at radius 3 is 2.93 bits per heavy atom. The molecule has 27 heavy (non-hydrogen) atoms. The number of carbonyl (C=O) groups is 1. The number of hydrogen-bond acceptors (Lipinski definition) is 8. The number of nitrogens with zero attached hydrogens (tertiary/aromatic N) is 4. The summed E-state index contributed by atoms with van der Waals surface area (Å²) in [6.07, 6.45) is 0.465. The minimum Gasteiger partial charge on any atom is -0.396 e. The summed E-state index contributed by atoms with van der Waals surface area (Å²) in [5.41, 5.74) is 0.710. The second-order valence-electron chi connectivity index (χ2n) is 6.60. The van der Waals surface area contributed by atoms with Crippen molar-refractivity contribution in [3.63, 3.8) is 0 Å². The first-order valence-corrected chi connectivity index (χ1v) is 10.0. The molecular weight excluding hydrogens is 392 g/mol. The summed E-state index contributed by atoms with van der Waals surface area (Å²) in [6.45, 7) is 4.78. The highest BCUT2D eigenvalue weighted by atomic mass is 35.5. The molecule has 0 aromatic carbocycles. The lowest BCUT2D eigenvalue weighted by Gasteiger charge is -2.35. The topological polar surface area (TPSA) is 127 Å². The van der Waals surface area contributed by atoms with E-state index in [2.05, 4.69) is 25.5 Å². The van der Waals surface area contributed by atoms with Gasteiger partial charge >= 0.3 is 0 Å². The Morgan fingerprint density at radius 2 is 2.30 bits per heavy atom. The Labute approximate surface area is 165 Å². The van der Waals surface area contributed by atoms with E-state index in [9.17, 15) is 15.0 Å². The van der Waals surface area contributed by atoms with E-state index in [0.29, 0.717) is 41.9 Å². The quantitative estimate of drug-likeness (QED) is 0.554. The maximum Gasteiger partial charge on any atom is 0.287 e. The first-order chi connectivity index (χ1) is 12.9. The molecule has 2 aromatic heterocycles. The molecule has 1 fully saturated rings. The predicted molar refractivity (Wildman–Crippen MR) is 102 cm³/mol. The third-order valence-electron chi connectivity index (χ3n) is 4.59. The fraction of sp³-hybridized carbons (Fsp3) is 0.625. The number of aromatic amines is 1. The van der Waals surface area contributed by atoms with Crippen LogP contribution in [0.15, 0.2) is 0 Å². The summed E-state index contributed by atoms with van der Waals surface area (Å²) in [5, 5.41) is 32.5. The van der Waals surface area contributed by atoms with Crippen LogP contribution < -0.4 is 10.2 Å². The maximum atomic E-state index is 12.4. The highest BCUT2D eigenvalue weighted by Gasteiger charge is 2.31. The van der Waals surface area contributed by atoms with Crippen LogP contribution in [0, 0.1) is 0 Å². The zero-order valence-electron chi connectivity index (χ0n) is 15.1. The normalized spacial score (nSPS) is 21.3. The summed E-state index contributed by atoms with van der Waals surface area (Å²) in [4.78, 5) is 21.2. The number of imidazole rings is 1. The standard InChI is InChI=1S/C16H23ClN6O3S/c1-3-9-12(17)20-13(18-9)14(26)19-10-4-5-23(6-11(10)25)16-22-21-15(27-16)8(2)7-24/h8,10-11,24-25H,3-7H2,1-2H3,(H,18,20)(H,19,26). The van der Waals surface area contributed by atoms with Crippen LogP contribution >= 0.6 is 22.9 Å². The maximum absolute atomic E-state index is 12.4. The Kier molecular flexibility index (Phi) is 6.30. The molecule has 0 spiro atoms. The number of H-pyrrole nitrogens is 1. The number of hydrogen-bond donors (Lipinski definition) is 4. The zero-order chi connectivity index (χ0) is 19.6. The van der Waals surface area contributed by atoms with Gasteiger partial charge < -0.3 is 25.4 Å². The fourth-order valence-electron chi connectivity index (χ4n) is 2.87. The van der Waals surface area contributed by atoms with Crippen molar-refractivity contribution in [2.75, 3.05) is 24.6 Å². The highest BCUT2D eigenvalue weighted by Crippen LogP contribution is 2.28. The van der Waals surface area contributed by atoms with Crippen molar-refractivity contribution >= 4 is 34.0 Å². The Morgan fingerprint density at radius 1 is 1.52 bits per heavy atom. The molecular formula is C16H23ClN6O3S. The van der Waals surface area contributed by atoms with Crippen LogP contribution in [0.2, 0.25) is 5.15 Å². The Balaban J connectivity index is 1.59. The number of anilines is 1. The van der Waals surface area contributed by atoms with Crippen molar-refractivity contribution in [3.05, 3.63) is 21.7 Å². The monoisotopic (exact) mass is 414 g/mol. The SMILES string of the molecule is CCc1[nH]c(C(=O)NC2CCN(c3nnc(C(C)CO)s3)CC2O)nc1Cl. The number of carbonyl (C=O) groups excluding carboxylic acids is 1. The molecule has 1 aliphatic rings. The largest absolute Gasteiger partial charge is 0.396 e. The average molecular weight is 415 g/mol. The van der Waals surface area contributed by atoms with Gasteiger partial charge in [0.1, 0.15) is 5.01 Å². The van der Waals surface area contributed by atoms with E-state index in [1.54, 1.807) is 0 Å². The zero-order valence-corrected chi connectivity index (χ0v) is 16.7. The molecule has 1 amide bonds. The van der Waals surface area contributed by atoms with Crippen molar-refractivity contribution < 1.29 is 15.0 Å². The van der Waals surface area contributed by atoms with Crippen LogP contribution in [0.5, 0.6) is 0 Å². The van der Waals surface area contributed by atoms with Crippen LogP contribution in [0.4, 0.5) is 5.13 Å². The molecule has 0 radical (unpaired) electrons. The molecule has 11 heteroatoms. The van der Waals surface area contributed by atoms with E-state index in [1.807, 2.05) is 18.7 Å². The number of amides is 1. The lowest BCUT2D eigenvalue weighted by atomic mass is 10.0. The van der Waals surface area contributed by atoms with E-state index in [1.165, 1.54) is 11.3 Å². The number of piperidine rings is 1. The summed E-state index contributed by atoms with van der Waals surface area (Å²) >= 11 is 7.38. The molecule has 2 aromatic rings. The van der Waals surface area contributed by atoms with Crippen LogP contribution in [0.3, 0.4) is 0 Å². The molecule has 1 saturated heterocycles. The van der Waals surface area contributed by atoms with Gasteiger partial charge in [-0.15, -0.1) is 10.2 Å². The third kappa shape index (κ3) is 4.40. The molecule has 0 bridgehead atoms. The van der Waals surface area contributed by atoms with Gasteiger partial charge in [0, 0.05) is 19.0 Å². The van der Waals surface area contributed by atoms with Gasteiger partial charge in [-0.3, -0.25) is 4.79 Å². The Hall–Kier alpha value is -1.75. The average Bonchev–Trinajstić information content (AvgIpc) is 3.29. The van der Waals surface area contributed by atoms with E-state index in [4.69, 9.17) is 11.6 Å². The number of aliphatic hydroxyl groups excluding tert-OH is 2. The van der Waals surface area contributed by atoms with Crippen LogP contribution in [-0.4, -0.2) is 68.1 Å². The van der Waals surface area contributed by atoms with Gasteiger partial charge in [0.05, 0.1) is 24.4 Å². The van der Waals surface area contributed by atoms with Crippen molar-refractivity contribution in [3.8, 4) is 0 Å². The number of halogens is 1. The molecule has 148 valence electrons. The predicted octanol–water partition coefficient (Wildman–Crippen LogP) is 0.942. The molecule has 3 rings (SSSR count). The minimum absolute atomic E-state index is 0.0158. The number of aryl methyl sites for hydroxylation is 1. The van der Waals surface area contributed by atoms with Crippen LogP contribution in [-0.2, 0) is 6.42 Å². The first kappa shape index (κ1) is 20.0. The third-order valence-corrected chi connectivity index (χ3v) is 6.12. The van der Waals surface area contributed by atoms with Crippen molar-refractivity contribution in [2.45, 2.75) is 44.8 Å². The van der Waals surface area contributed by atoms with Crippen molar-refractivity contribution in [1.82, 2.24) is 25.5 Å². The van der Waals surface area contributed by atoms with Crippen molar-refractivity contribution in [2.24, 2.45) is 0 Å². The van der Waals surface area contributed by atoms with Crippen LogP contribution in [0.25, 0.3) is 0 Å². The molecule has 4 N–H and O–H groups in total. The second kappa shape index (κ2) is 8.51. The van der Waals surface area contributed by atoms with Gasteiger partial charge in [-0.25, -0.2) is 4.98 Å². The number of β-amino-alcohol motifs (C(OH)–C–C–N with tert-alkyl or cyclic N) is 1. The van der Waals surface area contributed by atoms with E-state index >= 15 is 0 Å². The fourth-order valence-corrected chi connectivity index (χ4v) is 4.06. The van der Waals surface area contributed by atoms with Crippen molar-refractivity contribution in [1.29, 1.82) is 0 Å².